The molecule has 1 aromatic heterocycles. The summed E-state index contributed by atoms with van der Waals surface area (Å²) < 4.78 is 27.8. The van der Waals surface area contributed by atoms with Gasteiger partial charge in [0, 0.05) is 18.7 Å². The largest absolute Gasteiger partial charge is 0.312 e. The Kier molecular flexibility index (Phi) is 4.35. The van der Waals surface area contributed by atoms with Gasteiger partial charge in [-0.15, -0.1) is 11.3 Å². The van der Waals surface area contributed by atoms with Crippen LogP contribution in [0.5, 0.6) is 0 Å². The van der Waals surface area contributed by atoms with Crippen LogP contribution in [0.25, 0.3) is 0 Å². The fraction of sp³-hybridized carbons (Fsp3) is 0.267. The minimum absolute atomic E-state index is 0.0677. The summed E-state index contributed by atoms with van der Waals surface area (Å²) in [4.78, 5) is 13.6. The average molecular weight is 371 g/mol. The van der Waals surface area contributed by atoms with E-state index in [4.69, 9.17) is 11.6 Å². The molecule has 1 N–H and O–H groups in total. The molecule has 1 saturated heterocycles. The predicted octanol–water partition coefficient (Wildman–Crippen LogP) is 3.64. The monoisotopic (exact) mass is 370 g/mol. The molecule has 2 aromatic rings. The Morgan fingerprint density at radius 1 is 1.26 bits per heavy atom. The van der Waals surface area contributed by atoms with Crippen LogP contribution >= 0.6 is 22.9 Å². The minimum Gasteiger partial charge on any atom is -0.312 e. The smallest absolute Gasteiger partial charge is 0.271 e. The molecule has 3 rings (SSSR count). The van der Waals surface area contributed by atoms with Crippen LogP contribution in [-0.2, 0) is 14.8 Å². The Hall–Kier alpha value is -1.57. The maximum absolute atomic E-state index is 12.4. The van der Waals surface area contributed by atoms with Crippen LogP contribution in [0, 0.1) is 6.92 Å². The molecule has 1 amide bonds. The summed E-state index contributed by atoms with van der Waals surface area (Å²) in [6.07, 6.45) is 1.35. The number of halogens is 1. The summed E-state index contributed by atoms with van der Waals surface area (Å²) in [5, 5.41) is 0. The van der Waals surface area contributed by atoms with E-state index in [1.807, 2.05) is 6.92 Å². The van der Waals surface area contributed by atoms with E-state index in [0.29, 0.717) is 23.0 Å². The number of thiophene rings is 1. The molecule has 0 radical (unpaired) electrons. The van der Waals surface area contributed by atoms with Gasteiger partial charge in [0.05, 0.1) is 10.0 Å². The maximum Gasteiger partial charge on any atom is 0.271 e. The molecular weight excluding hydrogens is 356 g/mol. The van der Waals surface area contributed by atoms with Gasteiger partial charge in [-0.05, 0) is 43.2 Å². The van der Waals surface area contributed by atoms with Crippen molar-refractivity contribution in [2.45, 2.75) is 24.0 Å². The normalized spacial score (nSPS) is 15.2. The van der Waals surface area contributed by atoms with Gasteiger partial charge >= 0.3 is 0 Å². The first-order valence-electron chi connectivity index (χ1n) is 7.06. The third kappa shape index (κ3) is 3.36. The first kappa shape index (κ1) is 16.3. The molecule has 0 aliphatic carbocycles. The molecule has 23 heavy (non-hydrogen) atoms. The van der Waals surface area contributed by atoms with E-state index >= 15 is 0 Å². The van der Waals surface area contributed by atoms with Crippen molar-refractivity contribution < 1.29 is 13.2 Å². The van der Waals surface area contributed by atoms with E-state index in [2.05, 4.69) is 4.72 Å². The zero-order valence-corrected chi connectivity index (χ0v) is 14.8. The standard InChI is InChI=1S/C15H15ClN2O3S2/c1-10-4-5-11(9-12(10)18-8-2-3-14(18)19)17-23(20,21)15-7-6-13(16)22-15/h4-7,9,17H,2-3,8H2,1H3. The summed E-state index contributed by atoms with van der Waals surface area (Å²) in [7, 11) is -3.68. The van der Waals surface area contributed by atoms with Crippen molar-refractivity contribution in [1.29, 1.82) is 0 Å². The highest BCUT2D eigenvalue weighted by Crippen LogP contribution is 2.31. The van der Waals surface area contributed by atoms with Crippen molar-refractivity contribution >= 4 is 50.2 Å². The number of anilines is 2. The summed E-state index contributed by atoms with van der Waals surface area (Å²) in [6, 6.07) is 8.20. The molecule has 0 spiro atoms. The molecular formula is C15H15ClN2O3S2. The number of aryl methyl sites for hydroxylation is 1. The lowest BCUT2D eigenvalue weighted by molar-refractivity contribution is -0.117. The number of carbonyl (C=O) groups is 1. The van der Waals surface area contributed by atoms with E-state index in [0.717, 1.165) is 29.0 Å². The molecule has 0 saturated carbocycles. The van der Waals surface area contributed by atoms with E-state index < -0.39 is 10.0 Å². The molecule has 0 bridgehead atoms. The molecule has 1 aliphatic rings. The molecule has 0 atom stereocenters. The molecule has 5 nitrogen and oxygen atoms in total. The lowest BCUT2D eigenvalue weighted by Crippen LogP contribution is -2.24. The number of nitrogens with zero attached hydrogens (tertiary/aromatic N) is 1. The number of rotatable bonds is 4. The highest BCUT2D eigenvalue weighted by atomic mass is 35.5. The van der Waals surface area contributed by atoms with Crippen LogP contribution in [0.4, 0.5) is 11.4 Å². The number of nitrogens with one attached hydrogen (secondary N) is 1. The van der Waals surface area contributed by atoms with Crippen LogP contribution in [0.3, 0.4) is 0 Å². The van der Waals surface area contributed by atoms with Crippen molar-refractivity contribution in [3.8, 4) is 0 Å². The average Bonchev–Trinajstić information content (AvgIpc) is 3.10. The van der Waals surface area contributed by atoms with Gasteiger partial charge in [-0.25, -0.2) is 8.42 Å². The molecule has 0 unspecified atom stereocenters. The quantitative estimate of drug-likeness (QED) is 0.893. The van der Waals surface area contributed by atoms with Crippen LogP contribution in [0.1, 0.15) is 18.4 Å². The third-order valence-electron chi connectivity index (χ3n) is 3.64. The fourth-order valence-electron chi connectivity index (χ4n) is 2.51. The lowest BCUT2D eigenvalue weighted by atomic mass is 10.1. The molecule has 1 fully saturated rings. The molecule has 8 heteroatoms. The van der Waals surface area contributed by atoms with Gasteiger partial charge in [0.25, 0.3) is 10.0 Å². The van der Waals surface area contributed by atoms with Gasteiger partial charge in [0.1, 0.15) is 4.21 Å². The van der Waals surface area contributed by atoms with Crippen molar-refractivity contribution in [3.05, 3.63) is 40.2 Å². The summed E-state index contributed by atoms with van der Waals surface area (Å²) in [5.74, 6) is 0.0677. The Morgan fingerprint density at radius 3 is 2.65 bits per heavy atom. The first-order chi connectivity index (χ1) is 10.9. The van der Waals surface area contributed by atoms with Gasteiger partial charge in [0.15, 0.2) is 0 Å². The Labute approximate surface area is 143 Å². The number of hydrogen-bond acceptors (Lipinski definition) is 4. The molecule has 122 valence electrons. The summed E-state index contributed by atoms with van der Waals surface area (Å²) in [5.41, 5.74) is 2.11. The Balaban J connectivity index is 1.91. The van der Waals surface area contributed by atoms with Gasteiger partial charge in [-0.3, -0.25) is 9.52 Å². The number of carbonyl (C=O) groups excluding carboxylic acids is 1. The first-order valence-corrected chi connectivity index (χ1v) is 9.74. The van der Waals surface area contributed by atoms with E-state index in [9.17, 15) is 13.2 Å². The highest BCUT2D eigenvalue weighted by molar-refractivity contribution is 7.94. The second-order valence-corrected chi connectivity index (χ2v) is 8.94. The number of amides is 1. The minimum atomic E-state index is -3.68. The van der Waals surface area contributed by atoms with Crippen LogP contribution in [-0.4, -0.2) is 20.9 Å². The van der Waals surface area contributed by atoms with Crippen molar-refractivity contribution in [1.82, 2.24) is 0 Å². The second-order valence-electron chi connectivity index (χ2n) is 5.31. The number of benzene rings is 1. The van der Waals surface area contributed by atoms with Crippen LogP contribution in [0.2, 0.25) is 4.34 Å². The number of sulfonamides is 1. The SMILES string of the molecule is Cc1ccc(NS(=O)(=O)c2ccc(Cl)s2)cc1N1CCCC1=O. The van der Waals surface area contributed by atoms with Crippen molar-refractivity contribution in [3.63, 3.8) is 0 Å². The number of hydrogen-bond donors (Lipinski definition) is 1. The fourth-order valence-corrected chi connectivity index (χ4v) is 5.05. The topological polar surface area (TPSA) is 66.5 Å². The van der Waals surface area contributed by atoms with Gasteiger partial charge in [-0.1, -0.05) is 17.7 Å². The van der Waals surface area contributed by atoms with E-state index in [1.165, 1.54) is 6.07 Å². The molecule has 1 aliphatic heterocycles. The van der Waals surface area contributed by atoms with Gasteiger partial charge < -0.3 is 4.90 Å². The lowest BCUT2D eigenvalue weighted by Gasteiger charge is -2.19. The predicted molar refractivity (Wildman–Crippen MR) is 92.9 cm³/mol. The zero-order chi connectivity index (χ0) is 16.6. The van der Waals surface area contributed by atoms with Crippen LogP contribution in [0.15, 0.2) is 34.5 Å². The van der Waals surface area contributed by atoms with Gasteiger partial charge in [-0.2, -0.15) is 0 Å². The van der Waals surface area contributed by atoms with Gasteiger partial charge in [0.2, 0.25) is 5.91 Å². The van der Waals surface area contributed by atoms with E-state index in [1.54, 1.807) is 29.2 Å². The second kappa shape index (κ2) is 6.14. The molecule has 1 aromatic carbocycles. The maximum atomic E-state index is 12.4. The summed E-state index contributed by atoms with van der Waals surface area (Å²) in [6.45, 7) is 2.56. The van der Waals surface area contributed by atoms with Crippen molar-refractivity contribution in [2.75, 3.05) is 16.2 Å². The Bertz CT molecular complexity index is 861. The zero-order valence-electron chi connectivity index (χ0n) is 12.4. The van der Waals surface area contributed by atoms with Crippen LogP contribution < -0.4 is 9.62 Å². The Morgan fingerprint density at radius 2 is 2.04 bits per heavy atom. The summed E-state index contributed by atoms with van der Waals surface area (Å²) >= 11 is 6.80. The highest BCUT2D eigenvalue weighted by Gasteiger charge is 2.24. The third-order valence-corrected chi connectivity index (χ3v) is 6.74. The molecule has 2 heterocycles. The van der Waals surface area contributed by atoms with Crippen molar-refractivity contribution in [2.24, 2.45) is 0 Å². The van der Waals surface area contributed by atoms with E-state index in [-0.39, 0.29) is 10.1 Å².